The molecule has 0 aliphatic rings. The molecule has 2 rings (SSSR count). The Kier molecular flexibility index (Phi) is 4.75. The summed E-state index contributed by atoms with van der Waals surface area (Å²) in [4.78, 5) is 9.06. The Hall–Kier alpha value is -2.14. The average Bonchev–Trinajstić information content (AvgIpc) is 2.46. The van der Waals surface area contributed by atoms with E-state index in [0.29, 0.717) is 11.6 Å². The summed E-state index contributed by atoms with van der Waals surface area (Å²) < 4.78 is 5.64. The standard InChI is InChI=1S/C16H22N4O/c1-5-14-11(4)18-15(19-16(14)20-17)12-6-8-13(9-7-12)21-10(2)3/h6-10H,5,17H2,1-4H3,(H,18,19,20). The van der Waals surface area contributed by atoms with Crippen LogP contribution in [0.2, 0.25) is 0 Å². The minimum Gasteiger partial charge on any atom is -0.491 e. The lowest BCUT2D eigenvalue weighted by Gasteiger charge is -2.12. The highest BCUT2D eigenvalue weighted by atomic mass is 16.5. The van der Waals surface area contributed by atoms with Crippen LogP contribution < -0.4 is 16.0 Å². The van der Waals surface area contributed by atoms with Gasteiger partial charge in [0.15, 0.2) is 5.82 Å². The summed E-state index contributed by atoms with van der Waals surface area (Å²) in [7, 11) is 0. The van der Waals surface area contributed by atoms with Gasteiger partial charge in [-0.1, -0.05) is 6.92 Å². The van der Waals surface area contributed by atoms with Gasteiger partial charge in [-0.15, -0.1) is 0 Å². The van der Waals surface area contributed by atoms with Gasteiger partial charge in [0, 0.05) is 16.8 Å². The first-order valence-electron chi connectivity index (χ1n) is 7.16. The molecule has 0 atom stereocenters. The number of nitrogen functional groups attached to an aromatic ring is 1. The van der Waals surface area contributed by atoms with Gasteiger partial charge < -0.3 is 10.2 Å². The SMILES string of the molecule is CCc1c(C)nc(-c2ccc(OC(C)C)cc2)nc1NN. The van der Waals surface area contributed by atoms with E-state index in [-0.39, 0.29) is 6.10 Å². The zero-order valence-electron chi connectivity index (χ0n) is 13.0. The van der Waals surface area contributed by atoms with Crippen LogP contribution >= 0.6 is 0 Å². The van der Waals surface area contributed by atoms with Gasteiger partial charge in [0.25, 0.3) is 0 Å². The molecule has 0 amide bonds. The second-order valence-electron chi connectivity index (χ2n) is 5.15. The van der Waals surface area contributed by atoms with Crippen LogP contribution in [0.4, 0.5) is 5.82 Å². The Morgan fingerprint density at radius 3 is 2.38 bits per heavy atom. The van der Waals surface area contributed by atoms with Gasteiger partial charge in [-0.2, -0.15) is 0 Å². The highest BCUT2D eigenvalue weighted by molar-refractivity contribution is 5.60. The lowest BCUT2D eigenvalue weighted by Crippen LogP contribution is -2.13. The monoisotopic (exact) mass is 286 g/mol. The number of benzene rings is 1. The number of aromatic nitrogens is 2. The van der Waals surface area contributed by atoms with Gasteiger partial charge in [-0.05, 0) is 51.5 Å². The molecule has 1 aromatic carbocycles. The second-order valence-corrected chi connectivity index (χ2v) is 5.15. The fraction of sp³-hybridized carbons (Fsp3) is 0.375. The number of hydrazine groups is 1. The van der Waals surface area contributed by atoms with Crippen molar-refractivity contribution in [2.75, 3.05) is 5.43 Å². The van der Waals surface area contributed by atoms with E-state index in [4.69, 9.17) is 10.6 Å². The summed E-state index contributed by atoms with van der Waals surface area (Å²) in [5.41, 5.74) is 5.58. The van der Waals surface area contributed by atoms with E-state index >= 15 is 0 Å². The van der Waals surface area contributed by atoms with E-state index in [9.17, 15) is 0 Å². The van der Waals surface area contributed by atoms with Gasteiger partial charge in [0.1, 0.15) is 11.6 Å². The molecule has 0 unspecified atom stereocenters. The molecule has 3 N–H and O–H groups in total. The Morgan fingerprint density at radius 1 is 1.19 bits per heavy atom. The molecule has 0 bridgehead atoms. The van der Waals surface area contributed by atoms with Crippen molar-refractivity contribution in [1.82, 2.24) is 9.97 Å². The van der Waals surface area contributed by atoms with Crippen LogP contribution in [-0.4, -0.2) is 16.1 Å². The van der Waals surface area contributed by atoms with Crippen molar-refractivity contribution in [1.29, 1.82) is 0 Å². The first-order chi connectivity index (χ1) is 10.0. The number of nitrogens with zero attached hydrogens (tertiary/aromatic N) is 2. The predicted octanol–water partition coefficient (Wildman–Crippen LogP) is 3.09. The van der Waals surface area contributed by atoms with Crippen LogP contribution in [-0.2, 0) is 6.42 Å². The van der Waals surface area contributed by atoms with Crippen LogP contribution in [0, 0.1) is 6.92 Å². The third-order valence-corrected chi connectivity index (χ3v) is 3.19. The van der Waals surface area contributed by atoms with Gasteiger partial charge >= 0.3 is 0 Å². The van der Waals surface area contributed by atoms with E-state index < -0.39 is 0 Å². The molecule has 2 aromatic rings. The molecular weight excluding hydrogens is 264 g/mol. The van der Waals surface area contributed by atoms with E-state index in [1.165, 1.54) is 0 Å². The number of nitrogens with two attached hydrogens (primary N) is 1. The Labute approximate surface area is 125 Å². The number of rotatable bonds is 5. The minimum atomic E-state index is 0.159. The molecule has 0 aliphatic carbocycles. The van der Waals surface area contributed by atoms with Crippen LogP contribution in [0.3, 0.4) is 0 Å². The normalized spacial score (nSPS) is 10.8. The molecule has 5 heteroatoms. The minimum absolute atomic E-state index is 0.159. The number of aryl methyl sites for hydroxylation is 1. The number of hydrogen-bond donors (Lipinski definition) is 2. The van der Waals surface area contributed by atoms with Crippen molar-refractivity contribution in [2.45, 2.75) is 40.2 Å². The average molecular weight is 286 g/mol. The summed E-state index contributed by atoms with van der Waals surface area (Å²) in [5.74, 6) is 7.75. The highest BCUT2D eigenvalue weighted by Gasteiger charge is 2.11. The van der Waals surface area contributed by atoms with Gasteiger partial charge in [0.2, 0.25) is 0 Å². The fourth-order valence-electron chi connectivity index (χ4n) is 2.22. The number of hydrogen-bond acceptors (Lipinski definition) is 5. The first kappa shape index (κ1) is 15.3. The van der Waals surface area contributed by atoms with Crippen LogP contribution in [0.5, 0.6) is 5.75 Å². The lowest BCUT2D eigenvalue weighted by atomic mass is 10.1. The maximum atomic E-state index is 5.64. The van der Waals surface area contributed by atoms with Crippen LogP contribution in [0.1, 0.15) is 32.0 Å². The fourth-order valence-corrected chi connectivity index (χ4v) is 2.22. The van der Waals surface area contributed by atoms with Crippen LogP contribution in [0.25, 0.3) is 11.4 Å². The molecule has 0 aliphatic heterocycles. The van der Waals surface area contributed by atoms with Crippen molar-refractivity contribution < 1.29 is 4.74 Å². The Bertz CT molecular complexity index is 608. The Morgan fingerprint density at radius 2 is 1.86 bits per heavy atom. The van der Waals surface area contributed by atoms with Crippen molar-refractivity contribution in [2.24, 2.45) is 5.84 Å². The van der Waals surface area contributed by atoms with Crippen molar-refractivity contribution in [3.63, 3.8) is 0 Å². The van der Waals surface area contributed by atoms with Gasteiger partial charge in [-0.3, -0.25) is 0 Å². The highest BCUT2D eigenvalue weighted by Crippen LogP contribution is 2.24. The number of anilines is 1. The van der Waals surface area contributed by atoms with Crippen molar-refractivity contribution >= 4 is 5.82 Å². The van der Waals surface area contributed by atoms with Crippen molar-refractivity contribution in [3.8, 4) is 17.1 Å². The maximum Gasteiger partial charge on any atom is 0.161 e. The molecule has 0 saturated heterocycles. The van der Waals surface area contributed by atoms with Gasteiger partial charge in [-0.25, -0.2) is 15.8 Å². The van der Waals surface area contributed by atoms with E-state index in [0.717, 1.165) is 29.0 Å². The third-order valence-electron chi connectivity index (χ3n) is 3.19. The number of nitrogens with one attached hydrogen (secondary N) is 1. The first-order valence-corrected chi connectivity index (χ1v) is 7.16. The predicted molar refractivity (Wildman–Crippen MR) is 85.2 cm³/mol. The van der Waals surface area contributed by atoms with Gasteiger partial charge in [0.05, 0.1) is 6.10 Å². The molecule has 0 saturated carbocycles. The molecule has 1 aromatic heterocycles. The maximum absolute atomic E-state index is 5.64. The quantitative estimate of drug-likeness (QED) is 0.652. The molecule has 0 radical (unpaired) electrons. The van der Waals surface area contributed by atoms with E-state index in [1.807, 2.05) is 45.0 Å². The molecule has 1 heterocycles. The zero-order chi connectivity index (χ0) is 15.4. The summed E-state index contributed by atoms with van der Waals surface area (Å²) in [6.07, 6.45) is 0.999. The number of ether oxygens (including phenoxy) is 1. The largest absolute Gasteiger partial charge is 0.491 e. The second kappa shape index (κ2) is 6.54. The summed E-state index contributed by atoms with van der Waals surface area (Å²) in [6, 6.07) is 7.77. The zero-order valence-corrected chi connectivity index (χ0v) is 13.0. The molecule has 21 heavy (non-hydrogen) atoms. The molecule has 112 valence electrons. The van der Waals surface area contributed by atoms with E-state index in [2.05, 4.69) is 22.3 Å². The van der Waals surface area contributed by atoms with Crippen molar-refractivity contribution in [3.05, 3.63) is 35.5 Å². The molecule has 0 fully saturated rings. The topological polar surface area (TPSA) is 73.1 Å². The Balaban J connectivity index is 2.35. The molecule has 5 nitrogen and oxygen atoms in total. The molecule has 0 spiro atoms. The summed E-state index contributed by atoms with van der Waals surface area (Å²) in [6.45, 7) is 8.04. The third kappa shape index (κ3) is 3.49. The molecular formula is C16H22N4O. The van der Waals surface area contributed by atoms with E-state index in [1.54, 1.807) is 0 Å². The summed E-state index contributed by atoms with van der Waals surface area (Å²) in [5, 5.41) is 0. The smallest absolute Gasteiger partial charge is 0.161 e. The van der Waals surface area contributed by atoms with Crippen LogP contribution in [0.15, 0.2) is 24.3 Å². The lowest BCUT2D eigenvalue weighted by molar-refractivity contribution is 0.242. The summed E-state index contributed by atoms with van der Waals surface area (Å²) >= 11 is 0.